The molecule has 0 aliphatic carbocycles. The molecular formula is C22H25BrN2O3. The van der Waals surface area contributed by atoms with Gasteiger partial charge < -0.3 is 9.64 Å². The molecule has 0 radical (unpaired) electrons. The van der Waals surface area contributed by atoms with Crippen molar-refractivity contribution in [2.24, 2.45) is 0 Å². The Kier molecular flexibility index (Phi) is 5.97. The van der Waals surface area contributed by atoms with E-state index in [1.165, 1.54) is 4.90 Å². The van der Waals surface area contributed by atoms with Crippen LogP contribution < -0.4 is 4.90 Å². The average Bonchev–Trinajstić information content (AvgIpc) is 2.74. The van der Waals surface area contributed by atoms with E-state index in [2.05, 4.69) is 20.8 Å². The monoisotopic (exact) mass is 444 g/mol. The Hall–Kier alpha value is -1.92. The Morgan fingerprint density at radius 1 is 0.893 bits per heavy atom. The van der Waals surface area contributed by atoms with E-state index in [1.807, 2.05) is 30.3 Å². The number of nitrogens with zero attached hydrogens (tertiary/aromatic N) is 2. The number of benzene rings is 2. The lowest BCUT2D eigenvalue weighted by Crippen LogP contribution is -2.41. The van der Waals surface area contributed by atoms with Gasteiger partial charge in [-0.25, -0.2) is 0 Å². The summed E-state index contributed by atoms with van der Waals surface area (Å²) in [4.78, 5) is 29.9. The summed E-state index contributed by atoms with van der Waals surface area (Å²) in [5, 5.41) is 2.78. The zero-order chi connectivity index (χ0) is 19.5. The number of alkyl halides is 1. The number of amides is 2. The van der Waals surface area contributed by atoms with Crippen LogP contribution >= 0.6 is 15.9 Å². The minimum absolute atomic E-state index is 0.164. The number of anilines is 1. The topological polar surface area (TPSA) is 49.9 Å². The number of morpholine rings is 1. The molecule has 0 unspecified atom stereocenters. The van der Waals surface area contributed by atoms with E-state index in [1.54, 1.807) is 0 Å². The van der Waals surface area contributed by atoms with E-state index < -0.39 is 0 Å². The zero-order valence-electron chi connectivity index (χ0n) is 16.0. The highest BCUT2D eigenvalue weighted by molar-refractivity contribution is 9.09. The van der Waals surface area contributed by atoms with Crippen molar-refractivity contribution in [3.05, 3.63) is 41.5 Å². The van der Waals surface area contributed by atoms with Crippen LogP contribution in [0.4, 0.5) is 5.69 Å². The molecular weight excluding hydrogens is 420 g/mol. The first-order chi connectivity index (χ1) is 13.7. The summed E-state index contributed by atoms with van der Waals surface area (Å²) in [5.41, 5.74) is 2.36. The Bertz CT molecular complexity index is 870. The molecule has 2 aliphatic heterocycles. The minimum atomic E-state index is -0.164. The molecule has 4 rings (SSSR count). The first-order valence-corrected chi connectivity index (χ1v) is 11.1. The van der Waals surface area contributed by atoms with Crippen molar-refractivity contribution >= 4 is 44.2 Å². The number of hydrogen-bond acceptors (Lipinski definition) is 4. The molecule has 28 heavy (non-hydrogen) atoms. The molecule has 0 bridgehead atoms. The molecule has 2 amide bonds. The summed E-state index contributed by atoms with van der Waals surface area (Å²) >= 11 is 3.44. The Labute approximate surface area is 173 Å². The summed E-state index contributed by atoms with van der Waals surface area (Å²) in [5.74, 6) is -0.328. The zero-order valence-corrected chi connectivity index (χ0v) is 17.5. The van der Waals surface area contributed by atoms with Crippen LogP contribution in [0.5, 0.6) is 0 Å². The Morgan fingerprint density at radius 2 is 1.61 bits per heavy atom. The Morgan fingerprint density at radius 3 is 2.36 bits per heavy atom. The molecule has 0 atom stereocenters. The summed E-state index contributed by atoms with van der Waals surface area (Å²) in [7, 11) is 0. The van der Waals surface area contributed by atoms with Crippen LogP contribution in [0.1, 0.15) is 46.4 Å². The normalized spacial score (nSPS) is 16.9. The van der Waals surface area contributed by atoms with Gasteiger partial charge in [-0.2, -0.15) is 0 Å². The van der Waals surface area contributed by atoms with Crippen LogP contribution in [0.3, 0.4) is 0 Å². The fourth-order valence-corrected chi connectivity index (χ4v) is 4.53. The molecule has 0 saturated carbocycles. The second-order valence-corrected chi connectivity index (χ2v) is 8.12. The van der Waals surface area contributed by atoms with Gasteiger partial charge >= 0.3 is 0 Å². The van der Waals surface area contributed by atoms with Crippen molar-refractivity contribution in [1.82, 2.24) is 4.90 Å². The van der Waals surface area contributed by atoms with Gasteiger partial charge in [-0.05, 0) is 31.0 Å². The second-order valence-electron chi connectivity index (χ2n) is 7.32. The number of ether oxygens (including phenoxy) is 1. The van der Waals surface area contributed by atoms with E-state index in [0.717, 1.165) is 60.6 Å². The summed E-state index contributed by atoms with van der Waals surface area (Å²) in [6, 6.07) is 9.70. The maximum Gasteiger partial charge on any atom is 0.261 e. The van der Waals surface area contributed by atoms with Crippen molar-refractivity contribution in [3.63, 3.8) is 0 Å². The lowest BCUT2D eigenvalue weighted by atomic mass is 9.92. The number of unbranched alkanes of at least 4 members (excludes halogenated alkanes) is 3. The van der Waals surface area contributed by atoms with Gasteiger partial charge in [0.2, 0.25) is 0 Å². The lowest BCUT2D eigenvalue weighted by Gasteiger charge is -2.32. The van der Waals surface area contributed by atoms with Gasteiger partial charge in [-0.15, -0.1) is 0 Å². The molecule has 2 aliphatic rings. The van der Waals surface area contributed by atoms with E-state index in [9.17, 15) is 9.59 Å². The molecule has 0 N–H and O–H groups in total. The molecule has 148 valence electrons. The Balaban J connectivity index is 1.65. The largest absolute Gasteiger partial charge is 0.378 e. The fourth-order valence-electron chi connectivity index (χ4n) is 4.13. The third-order valence-corrected chi connectivity index (χ3v) is 6.15. The van der Waals surface area contributed by atoms with Gasteiger partial charge in [-0.1, -0.05) is 40.9 Å². The maximum atomic E-state index is 13.1. The van der Waals surface area contributed by atoms with Crippen molar-refractivity contribution in [2.75, 3.05) is 43.1 Å². The maximum absolute atomic E-state index is 13.1. The number of hydrogen-bond donors (Lipinski definition) is 0. The molecule has 1 fully saturated rings. The van der Waals surface area contributed by atoms with E-state index in [0.29, 0.717) is 30.9 Å². The van der Waals surface area contributed by atoms with Gasteiger partial charge in [0, 0.05) is 52.6 Å². The number of imide groups is 1. The van der Waals surface area contributed by atoms with Gasteiger partial charge in [0.1, 0.15) is 0 Å². The van der Waals surface area contributed by atoms with Gasteiger partial charge in [0.15, 0.2) is 0 Å². The smallest absolute Gasteiger partial charge is 0.261 e. The van der Waals surface area contributed by atoms with Crippen LogP contribution in [0.25, 0.3) is 10.8 Å². The molecule has 2 aromatic carbocycles. The van der Waals surface area contributed by atoms with Crippen LogP contribution in [0, 0.1) is 0 Å². The minimum Gasteiger partial charge on any atom is -0.378 e. The van der Waals surface area contributed by atoms with Crippen molar-refractivity contribution in [3.8, 4) is 0 Å². The van der Waals surface area contributed by atoms with Crippen LogP contribution in [0.2, 0.25) is 0 Å². The lowest BCUT2D eigenvalue weighted by molar-refractivity contribution is 0.0608. The van der Waals surface area contributed by atoms with E-state index >= 15 is 0 Å². The standard InChI is InChI=1S/C22H25BrN2O3/c23-10-3-1-2-4-11-25-21(26)17-7-5-6-16-19(24-12-14-28-15-13-24)9-8-18(20(16)17)22(25)27/h5-9H,1-4,10-15H2. The molecule has 0 spiro atoms. The molecule has 6 heteroatoms. The molecule has 2 aromatic rings. The third-order valence-electron chi connectivity index (χ3n) is 5.59. The van der Waals surface area contributed by atoms with E-state index in [-0.39, 0.29) is 11.8 Å². The SMILES string of the molecule is O=C1c2cccc3c(N4CCOCC4)ccc(c23)C(=O)N1CCCCCCBr. The molecule has 5 nitrogen and oxygen atoms in total. The van der Waals surface area contributed by atoms with Gasteiger partial charge in [-0.3, -0.25) is 14.5 Å². The predicted molar refractivity (Wildman–Crippen MR) is 115 cm³/mol. The summed E-state index contributed by atoms with van der Waals surface area (Å²) in [6.45, 7) is 3.52. The van der Waals surface area contributed by atoms with Crippen molar-refractivity contribution in [1.29, 1.82) is 0 Å². The quantitative estimate of drug-likeness (QED) is 0.364. The number of rotatable bonds is 7. The first kappa shape index (κ1) is 19.4. The van der Waals surface area contributed by atoms with E-state index in [4.69, 9.17) is 4.74 Å². The average molecular weight is 445 g/mol. The van der Waals surface area contributed by atoms with Crippen LogP contribution in [0.15, 0.2) is 30.3 Å². The highest BCUT2D eigenvalue weighted by Crippen LogP contribution is 2.36. The van der Waals surface area contributed by atoms with Gasteiger partial charge in [0.05, 0.1) is 13.2 Å². The number of carbonyl (C=O) groups is 2. The van der Waals surface area contributed by atoms with Crippen molar-refractivity contribution < 1.29 is 14.3 Å². The second kappa shape index (κ2) is 8.62. The summed E-state index contributed by atoms with van der Waals surface area (Å²) in [6.07, 6.45) is 4.10. The first-order valence-electron chi connectivity index (χ1n) is 10.0. The van der Waals surface area contributed by atoms with Crippen LogP contribution in [-0.2, 0) is 4.74 Å². The highest BCUT2D eigenvalue weighted by atomic mass is 79.9. The van der Waals surface area contributed by atoms with Gasteiger partial charge in [0.25, 0.3) is 11.8 Å². The fraction of sp³-hybridized carbons (Fsp3) is 0.455. The number of carbonyl (C=O) groups excluding carboxylic acids is 2. The molecule has 0 aromatic heterocycles. The highest BCUT2D eigenvalue weighted by Gasteiger charge is 2.33. The molecule has 2 heterocycles. The van der Waals surface area contributed by atoms with Crippen molar-refractivity contribution in [2.45, 2.75) is 25.7 Å². The predicted octanol–water partition coefficient (Wildman–Crippen LogP) is 4.23. The summed E-state index contributed by atoms with van der Waals surface area (Å²) < 4.78 is 5.46. The van der Waals surface area contributed by atoms with Crippen LogP contribution in [-0.4, -0.2) is 54.9 Å². The number of halogens is 1. The third kappa shape index (κ3) is 3.55. The molecule has 1 saturated heterocycles.